The van der Waals surface area contributed by atoms with E-state index in [1.165, 1.54) is 44.2 Å². The molecule has 4 N–H and O–H groups in total. The Hall–Kier alpha value is -4.23. The number of nitriles is 1. The molecule has 11 heteroatoms. The Balaban J connectivity index is 1.44. The number of nitrogen functional groups attached to an aromatic ring is 1. The molecule has 1 aliphatic heterocycles. The van der Waals surface area contributed by atoms with Crippen LogP contribution in [0.4, 0.5) is 11.6 Å². The number of nitrogens with two attached hydrogens (primary N) is 1. The van der Waals surface area contributed by atoms with Gasteiger partial charge in [-0.05, 0) is 37.0 Å². The maximum atomic E-state index is 13.3. The van der Waals surface area contributed by atoms with Crippen molar-refractivity contribution in [3.63, 3.8) is 0 Å². The average molecular weight is 529 g/mol. The lowest BCUT2D eigenvalue weighted by molar-refractivity contribution is -0.119. The van der Waals surface area contributed by atoms with Crippen molar-refractivity contribution >= 4 is 34.8 Å². The molecule has 10 nitrogen and oxygen atoms in total. The number of amides is 1. The zero-order valence-electron chi connectivity index (χ0n) is 20.7. The summed E-state index contributed by atoms with van der Waals surface area (Å²) < 4.78 is 1.91. The van der Waals surface area contributed by atoms with Crippen LogP contribution in [0.3, 0.4) is 0 Å². The molecule has 1 saturated carbocycles. The number of phenols is 1. The van der Waals surface area contributed by atoms with E-state index in [1.807, 2.05) is 22.9 Å². The molecule has 4 heterocycles. The molecule has 2 aliphatic rings. The number of nitrogens with one attached hydrogen (secondary N) is 1. The smallest absolute Gasteiger partial charge is 0.240 e. The highest BCUT2D eigenvalue weighted by Crippen LogP contribution is 2.46. The summed E-state index contributed by atoms with van der Waals surface area (Å²) in [5, 5.41) is 22.4. The molecule has 0 bridgehead atoms. The number of carbonyl (C=O) groups is 1. The molecule has 6 rings (SSSR count). The molecule has 1 amide bonds. The molecule has 1 fully saturated rings. The van der Waals surface area contributed by atoms with Gasteiger partial charge in [0.05, 0.1) is 16.3 Å². The largest absolute Gasteiger partial charge is 0.507 e. The Labute approximate surface area is 223 Å². The maximum Gasteiger partial charge on any atom is 0.240 e. The summed E-state index contributed by atoms with van der Waals surface area (Å²) in [6.45, 7) is 1.66. The number of carbonyl (C=O) groups excluding carboxylic acids is 1. The van der Waals surface area contributed by atoms with Crippen LogP contribution in [-0.4, -0.2) is 35.4 Å². The number of nitrogens with zero attached hydrogens (tertiary/aromatic N) is 6. The Morgan fingerprint density at radius 3 is 2.79 bits per heavy atom. The highest BCUT2D eigenvalue weighted by Gasteiger charge is 2.48. The van der Waals surface area contributed by atoms with Crippen molar-refractivity contribution in [2.75, 3.05) is 11.1 Å². The van der Waals surface area contributed by atoms with Crippen molar-refractivity contribution in [1.29, 1.82) is 5.26 Å². The van der Waals surface area contributed by atoms with Crippen LogP contribution in [0.1, 0.15) is 61.4 Å². The molecule has 0 spiro atoms. The van der Waals surface area contributed by atoms with Gasteiger partial charge in [0, 0.05) is 18.6 Å². The van der Waals surface area contributed by atoms with E-state index in [0.29, 0.717) is 22.7 Å². The molecule has 3 aromatic heterocycles. The number of rotatable bonds is 4. The van der Waals surface area contributed by atoms with Gasteiger partial charge >= 0.3 is 0 Å². The zero-order chi connectivity index (χ0) is 26.6. The van der Waals surface area contributed by atoms with E-state index >= 15 is 0 Å². The lowest BCUT2D eigenvalue weighted by Gasteiger charge is -2.24. The van der Waals surface area contributed by atoms with Crippen molar-refractivity contribution < 1.29 is 9.90 Å². The van der Waals surface area contributed by atoms with Gasteiger partial charge in [-0.15, -0.1) is 0 Å². The van der Waals surface area contributed by atoms with Crippen molar-refractivity contribution in [2.24, 2.45) is 5.92 Å². The molecule has 0 unspecified atom stereocenters. The van der Waals surface area contributed by atoms with E-state index in [-0.39, 0.29) is 33.8 Å². The number of anilines is 2. The van der Waals surface area contributed by atoms with E-state index in [4.69, 9.17) is 22.3 Å². The van der Waals surface area contributed by atoms with Gasteiger partial charge in [-0.1, -0.05) is 43.7 Å². The van der Waals surface area contributed by atoms with Gasteiger partial charge in [0.25, 0.3) is 0 Å². The van der Waals surface area contributed by atoms with Crippen LogP contribution in [0.5, 0.6) is 5.75 Å². The molecule has 0 saturated heterocycles. The van der Waals surface area contributed by atoms with Gasteiger partial charge in [-0.2, -0.15) is 5.26 Å². The molecule has 1 atom stereocenters. The number of fused-ring (bicyclic) bond motifs is 2. The third kappa shape index (κ3) is 3.73. The molecule has 38 heavy (non-hydrogen) atoms. The SMILES string of the molecule is C[C@]1(c2cc(O)c(C#N)c(Cl)c2)C(=O)Nc2nc(-c3cn4ccnc4c(CC4CCCCC4)n3)nc(N)c21. The Morgan fingerprint density at radius 2 is 2.05 bits per heavy atom. The normalized spacial score (nSPS) is 19.3. The number of benzene rings is 1. The number of phenolic OH excluding ortho intramolecular Hbond substituents is 1. The van der Waals surface area contributed by atoms with Crippen LogP contribution in [-0.2, 0) is 16.6 Å². The lowest BCUT2D eigenvalue weighted by atomic mass is 9.77. The first-order valence-electron chi connectivity index (χ1n) is 12.5. The highest BCUT2D eigenvalue weighted by atomic mass is 35.5. The van der Waals surface area contributed by atoms with Crippen molar-refractivity contribution in [1.82, 2.24) is 24.3 Å². The molecule has 0 radical (unpaired) electrons. The van der Waals surface area contributed by atoms with E-state index in [1.54, 1.807) is 13.1 Å². The van der Waals surface area contributed by atoms with Crippen molar-refractivity contribution in [3.05, 3.63) is 58.1 Å². The molecule has 192 valence electrons. The first kappa shape index (κ1) is 24.1. The fraction of sp³-hybridized carbons (Fsp3) is 0.333. The van der Waals surface area contributed by atoms with Crippen LogP contribution in [0.2, 0.25) is 5.02 Å². The van der Waals surface area contributed by atoms with Gasteiger partial charge in [0.2, 0.25) is 5.91 Å². The minimum atomic E-state index is -1.33. The van der Waals surface area contributed by atoms with Crippen LogP contribution >= 0.6 is 11.6 Å². The van der Waals surface area contributed by atoms with Crippen molar-refractivity contribution in [2.45, 2.75) is 50.9 Å². The average Bonchev–Trinajstić information content (AvgIpc) is 3.47. The van der Waals surface area contributed by atoms with Gasteiger partial charge in [-0.3, -0.25) is 4.79 Å². The third-order valence-electron chi connectivity index (χ3n) is 7.76. The zero-order valence-corrected chi connectivity index (χ0v) is 21.5. The van der Waals surface area contributed by atoms with Crippen molar-refractivity contribution in [3.8, 4) is 23.3 Å². The second kappa shape index (κ2) is 8.96. The second-order valence-corrected chi connectivity index (χ2v) is 10.5. The Kier molecular flexibility index (Phi) is 5.69. The summed E-state index contributed by atoms with van der Waals surface area (Å²) in [4.78, 5) is 31.9. The summed E-state index contributed by atoms with van der Waals surface area (Å²) in [6, 6.07) is 4.68. The van der Waals surface area contributed by atoms with Gasteiger partial charge in [0.1, 0.15) is 40.1 Å². The first-order chi connectivity index (χ1) is 18.3. The fourth-order valence-corrected chi connectivity index (χ4v) is 5.95. The summed E-state index contributed by atoms with van der Waals surface area (Å²) in [5.74, 6) is 0.493. The number of imidazole rings is 1. The van der Waals surface area contributed by atoms with Gasteiger partial charge < -0.3 is 20.6 Å². The molecule has 1 aromatic carbocycles. The number of hydrogen-bond donors (Lipinski definition) is 3. The maximum absolute atomic E-state index is 13.3. The Bertz CT molecular complexity index is 1630. The van der Waals surface area contributed by atoms with E-state index in [0.717, 1.165) is 17.8 Å². The van der Waals surface area contributed by atoms with E-state index < -0.39 is 11.3 Å². The van der Waals surface area contributed by atoms with Gasteiger partial charge in [-0.25, -0.2) is 19.9 Å². The standard InChI is InChI=1S/C27H25ClN8O2/c1-27(15-10-17(28)16(12-29)20(37)11-15)21-22(30)33-23(34-24(21)35-26(27)38)19-13-36-8-7-31-25(36)18(32-19)9-14-5-3-2-4-6-14/h7-8,10-11,13-14,37H,2-6,9H2,1H3,(H3,30,33,34,35,38)/t27-/m1/s1. The lowest BCUT2D eigenvalue weighted by Crippen LogP contribution is -2.33. The van der Waals surface area contributed by atoms with Crippen LogP contribution in [0.25, 0.3) is 17.2 Å². The first-order valence-corrected chi connectivity index (χ1v) is 12.9. The summed E-state index contributed by atoms with van der Waals surface area (Å²) in [7, 11) is 0. The molecule has 1 aliphatic carbocycles. The fourth-order valence-electron chi connectivity index (χ4n) is 5.70. The summed E-state index contributed by atoms with van der Waals surface area (Å²) in [6.07, 6.45) is 12.4. The van der Waals surface area contributed by atoms with E-state index in [9.17, 15) is 15.2 Å². The quantitative estimate of drug-likeness (QED) is 0.352. The molecule has 4 aromatic rings. The highest BCUT2D eigenvalue weighted by molar-refractivity contribution is 6.32. The minimum absolute atomic E-state index is 0.0319. The Morgan fingerprint density at radius 1 is 1.26 bits per heavy atom. The summed E-state index contributed by atoms with van der Waals surface area (Å²) in [5.41, 5.74) is 8.02. The predicted octanol–water partition coefficient (Wildman–Crippen LogP) is 4.38. The summed E-state index contributed by atoms with van der Waals surface area (Å²) >= 11 is 6.23. The molecular weight excluding hydrogens is 504 g/mol. The number of halogens is 1. The minimum Gasteiger partial charge on any atom is -0.507 e. The van der Waals surface area contributed by atoms with E-state index in [2.05, 4.69) is 20.3 Å². The number of aromatic hydroxyl groups is 1. The number of hydrogen-bond acceptors (Lipinski definition) is 8. The van der Waals surface area contributed by atoms with Gasteiger partial charge in [0.15, 0.2) is 11.5 Å². The second-order valence-electron chi connectivity index (χ2n) is 10.1. The van der Waals surface area contributed by atoms with Crippen LogP contribution < -0.4 is 11.1 Å². The predicted molar refractivity (Wildman–Crippen MR) is 142 cm³/mol. The monoisotopic (exact) mass is 528 g/mol. The van der Waals surface area contributed by atoms with Crippen LogP contribution in [0, 0.1) is 17.2 Å². The molecular formula is C27H25ClN8O2. The van der Waals surface area contributed by atoms with Crippen LogP contribution in [0.15, 0.2) is 30.7 Å². The third-order valence-corrected chi connectivity index (χ3v) is 8.06. The topological polar surface area (TPSA) is 155 Å². The number of aromatic nitrogens is 5.